The summed E-state index contributed by atoms with van der Waals surface area (Å²) in [5, 5.41) is 30.4. The van der Waals surface area contributed by atoms with Crippen molar-refractivity contribution in [3.63, 3.8) is 0 Å². The molecule has 23 heavy (non-hydrogen) atoms. The molecular formula is C8H17NO12P2. The molecule has 5 atom stereocenters. The van der Waals surface area contributed by atoms with Gasteiger partial charge in [-0.3, -0.25) is 9.32 Å². The number of amides is 1. The fourth-order valence-electron chi connectivity index (χ4n) is 1.40. The van der Waals surface area contributed by atoms with Crippen LogP contribution < -0.4 is 5.32 Å². The molecule has 0 aliphatic heterocycles. The normalized spacial score (nSPS) is 20.0. The fraction of sp³-hybridized carbons (Fsp3) is 0.750. The van der Waals surface area contributed by atoms with E-state index in [1.807, 2.05) is 5.32 Å². The lowest BCUT2D eigenvalue weighted by Crippen LogP contribution is -2.53. The maximum Gasteiger partial charge on any atom is 0.481 e. The molecule has 0 radical (unpaired) electrons. The molecule has 0 fully saturated rings. The van der Waals surface area contributed by atoms with Crippen LogP contribution in [-0.2, 0) is 27.6 Å². The predicted octanol–water partition coefficient (Wildman–Crippen LogP) is -3.00. The molecule has 15 heteroatoms. The Morgan fingerprint density at radius 3 is 2.09 bits per heavy atom. The molecule has 0 aliphatic rings. The number of aliphatic hydroxyl groups excluding tert-OH is 3. The Bertz CT molecular complexity index is 505. The van der Waals surface area contributed by atoms with E-state index in [0.717, 1.165) is 6.92 Å². The van der Waals surface area contributed by atoms with Gasteiger partial charge in [0.15, 0.2) is 0 Å². The van der Waals surface area contributed by atoms with E-state index in [-0.39, 0.29) is 6.29 Å². The van der Waals surface area contributed by atoms with E-state index in [9.17, 15) is 28.9 Å². The molecule has 1 amide bonds. The number of hydrogen-bond donors (Lipinski definition) is 7. The van der Waals surface area contributed by atoms with Gasteiger partial charge in [0.1, 0.15) is 30.6 Å². The number of phosphoric acid groups is 2. The average Bonchev–Trinajstić information content (AvgIpc) is 2.37. The lowest BCUT2D eigenvalue weighted by Gasteiger charge is -2.29. The Morgan fingerprint density at radius 2 is 1.74 bits per heavy atom. The monoisotopic (exact) mass is 381 g/mol. The molecule has 0 saturated heterocycles. The molecule has 13 nitrogen and oxygen atoms in total. The summed E-state index contributed by atoms with van der Waals surface area (Å²) < 4.78 is 29.4. The smallest absolute Gasteiger partial charge is 0.394 e. The molecule has 7 N–H and O–H groups in total. The zero-order chi connectivity index (χ0) is 18.4. The first-order valence-electron chi connectivity index (χ1n) is 5.80. The minimum Gasteiger partial charge on any atom is -0.394 e. The van der Waals surface area contributed by atoms with Crippen LogP contribution in [0.3, 0.4) is 0 Å². The highest BCUT2D eigenvalue weighted by atomic mass is 31.3. The Kier molecular flexibility index (Phi) is 8.66. The minimum atomic E-state index is -5.43. The Labute approximate surface area is 129 Å². The zero-order valence-corrected chi connectivity index (χ0v) is 13.4. The molecular weight excluding hydrogens is 364 g/mol. The van der Waals surface area contributed by atoms with Crippen molar-refractivity contribution in [2.24, 2.45) is 0 Å². The largest absolute Gasteiger partial charge is 0.481 e. The number of carbonyl (C=O) groups is 2. The molecule has 0 spiro atoms. The molecule has 0 saturated carbocycles. The highest BCUT2D eigenvalue weighted by Gasteiger charge is 2.40. The number of carbonyl (C=O) groups excluding carboxylic acids is 2. The lowest BCUT2D eigenvalue weighted by molar-refractivity contribution is -0.129. The third kappa shape index (κ3) is 8.63. The summed E-state index contributed by atoms with van der Waals surface area (Å²) in [4.78, 5) is 47.5. The highest BCUT2D eigenvalue weighted by Crippen LogP contribution is 2.58. The predicted molar refractivity (Wildman–Crippen MR) is 70.6 cm³/mol. The van der Waals surface area contributed by atoms with Gasteiger partial charge < -0.3 is 40.1 Å². The maximum absolute atomic E-state index is 11.3. The van der Waals surface area contributed by atoms with Gasteiger partial charge in [-0.25, -0.2) is 9.13 Å². The van der Waals surface area contributed by atoms with E-state index >= 15 is 0 Å². The van der Waals surface area contributed by atoms with Crippen molar-refractivity contribution in [1.29, 1.82) is 0 Å². The number of rotatable bonds is 10. The molecule has 0 aromatic rings. The number of aldehydes is 1. The van der Waals surface area contributed by atoms with Crippen LogP contribution in [0.2, 0.25) is 0 Å². The van der Waals surface area contributed by atoms with E-state index in [4.69, 9.17) is 19.8 Å². The average molecular weight is 381 g/mol. The third-order valence-electron chi connectivity index (χ3n) is 2.27. The van der Waals surface area contributed by atoms with Crippen molar-refractivity contribution < 1.29 is 57.6 Å². The summed E-state index contributed by atoms with van der Waals surface area (Å²) in [5.41, 5.74) is 0. The SMILES string of the molecule is CC(=O)N[C@@H](C=O)[C@@H](O)[C@H](O)[C@@H](CO)OP(=O)(O)OP(=O)(O)O. The highest BCUT2D eigenvalue weighted by molar-refractivity contribution is 7.60. The Hall–Kier alpha value is -0.720. The molecule has 0 aromatic heterocycles. The molecule has 0 heterocycles. The second-order valence-electron chi connectivity index (χ2n) is 4.21. The maximum atomic E-state index is 11.3. The van der Waals surface area contributed by atoms with Gasteiger partial charge in [0, 0.05) is 6.92 Å². The Morgan fingerprint density at radius 1 is 1.22 bits per heavy atom. The van der Waals surface area contributed by atoms with Crippen LogP contribution in [-0.4, -0.2) is 73.2 Å². The summed E-state index contributed by atoms with van der Waals surface area (Å²) in [6.07, 6.45) is -6.27. The first-order chi connectivity index (χ1) is 10.3. The van der Waals surface area contributed by atoms with Crippen molar-refractivity contribution in [3.05, 3.63) is 0 Å². The summed E-state index contributed by atoms with van der Waals surface area (Å²) in [6.45, 7) is -0.190. The molecule has 0 aliphatic carbocycles. The third-order valence-corrected chi connectivity index (χ3v) is 4.49. The van der Waals surface area contributed by atoms with E-state index < -0.39 is 52.5 Å². The second kappa shape index (κ2) is 8.94. The van der Waals surface area contributed by atoms with Crippen LogP contribution in [0.1, 0.15) is 6.92 Å². The van der Waals surface area contributed by atoms with Gasteiger partial charge >= 0.3 is 15.6 Å². The van der Waals surface area contributed by atoms with Gasteiger partial charge in [0.2, 0.25) is 5.91 Å². The summed E-state index contributed by atoms with van der Waals surface area (Å²) >= 11 is 0. The molecule has 0 aromatic carbocycles. The van der Waals surface area contributed by atoms with Crippen molar-refractivity contribution >= 4 is 27.8 Å². The zero-order valence-electron chi connectivity index (χ0n) is 11.6. The molecule has 136 valence electrons. The number of nitrogens with one attached hydrogen (secondary N) is 1. The van der Waals surface area contributed by atoms with Crippen molar-refractivity contribution in [2.75, 3.05) is 6.61 Å². The van der Waals surface area contributed by atoms with Gasteiger partial charge in [-0.05, 0) is 0 Å². The van der Waals surface area contributed by atoms with Crippen LogP contribution in [0.15, 0.2) is 0 Å². The number of aliphatic hydroxyl groups is 3. The van der Waals surface area contributed by atoms with Gasteiger partial charge in [-0.1, -0.05) is 0 Å². The van der Waals surface area contributed by atoms with Crippen molar-refractivity contribution in [1.82, 2.24) is 5.32 Å². The Balaban J connectivity index is 5.07. The van der Waals surface area contributed by atoms with Crippen LogP contribution in [0.4, 0.5) is 0 Å². The van der Waals surface area contributed by atoms with E-state index in [0.29, 0.717) is 0 Å². The van der Waals surface area contributed by atoms with Crippen molar-refractivity contribution in [3.8, 4) is 0 Å². The fourth-order valence-corrected chi connectivity index (χ4v) is 3.16. The lowest BCUT2D eigenvalue weighted by atomic mass is 10.0. The number of phosphoric ester groups is 1. The molecule has 0 rings (SSSR count). The van der Waals surface area contributed by atoms with Crippen LogP contribution >= 0.6 is 15.6 Å². The molecule has 0 bridgehead atoms. The first kappa shape index (κ1) is 22.3. The minimum absolute atomic E-state index is 0.0500. The number of hydrogen-bond acceptors (Lipinski definition) is 9. The topological polar surface area (TPSA) is 220 Å². The summed E-state index contributed by atoms with van der Waals surface area (Å²) in [7, 11) is -10.8. The second-order valence-corrected chi connectivity index (χ2v) is 6.99. The van der Waals surface area contributed by atoms with Gasteiger partial charge in [-0.15, -0.1) is 0 Å². The van der Waals surface area contributed by atoms with E-state index in [1.165, 1.54) is 0 Å². The quantitative estimate of drug-likeness (QED) is 0.149. The van der Waals surface area contributed by atoms with Crippen LogP contribution in [0.25, 0.3) is 0 Å². The van der Waals surface area contributed by atoms with Crippen LogP contribution in [0.5, 0.6) is 0 Å². The molecule has 1 unspecified atom stereocenters. The summed E-state index contributed by atoms with van der Waals surface area (Å²) in [5.74, 6) is -0.743. The van der Waals surface area contributed by atoms with Gasteiger partial charge in [0.05, 0.1) is 6.61 Å². The van der Waals surface area contributed by atoms with Crippen LogP contribution in [0, 0.1) is 0 Å². The first-order valence-corrected chi connectivity index (χ1v) is 8.83. The van der Waals surface area contributed by atoms with Crippen molar-refractivity contribution in [2.45, 2.75) is 31.3 Å². The van der Waals surface area contributed by atoms with E-state index in [2.05, 4.69) is 8.83 Å². The van der Waals surface area contributed by atoms with Gasteiger partial charge in [0.25, 0.3) is 0 Å². The standard InChI is InChI=1S/C8H17NO12P2/c1-4(12)9-5(2-10)7(13)8(14)6(3-11)20-23(18,19)21-22(15,16)17/h2,5-8,11,13-14H,3H2,1H3,(H,9,12)(H,18,19)(H2,15,16,17)/t5-,6+,7+,8+/m0/s1. The summed E-state index contributed by atoms with van der Waals surface area (Å²) in [6, 6.07) is -1.64. The van der Waals surface area contributed by atoms with Gasteiger partial charge in [-0.2, -0.15) is 4.31 Å². The van der Waals surface area contributed by atoms with E-state index in [1.54, 1.807) is 0 Å².